The Morgan fingerprint density at radius 2 is 1.78 bits per heavy atom. The van der Waals surface area contributed by atoms with Gasteiger partial charge in [-0.15, -0.1) is 0 Å². The number of carbonyl (C=O) groups is 2. The summed E-state index contributed by atoms with van der Waals surface area (Å²) in [6.45, 7) is 1.22. The zero-order valence-corrected chi connectivity index (χ0v) is 9.38. The molecule has 0 spiro atoms. The first-order valence-electron chi connectivity index (χ1n) is 4.91. The van der Waals surface area contributed by atoms with Crippen LogP contribution in [0.3, 0.4) is 0 Å². The van der Waals surface area contributed by atoms with E-state index in [0.717, 1.165) is 24.3 Å². The topological polar surface area (TPSA) is 55.4 Å². The van der Waals surface area contributed by atoms with Gasteiger partial charge in [-0.25, -0.2) is 10.3 Å². The first-order chi connectivity index (χ1) is 8.29. The Balaban J connectivity index is 2.54. The highest BCUT2D eigenvalue weighted by molar-refractivity contribution is 5.94. The standard InChI is InChI=1S/C11H10F3NO3/c1-7(16)6-10(17)18-15-9-4-2-8(3-5-9)11(12,13)14/h2-5,15H,6H2,1H3. The number of halogens is 3. The highest BCUT2D eigenvalue weighted by Gasteiger charge is 2.29. The van der Waals surface area contributed by atoms with Crippen molar-refractivity contribution in [1.29, 1.82) is 0 Å². The lowest BCUT2D eigenvalue weighted by Crippen LogP contribution is -2.13. The van der Waals surface area contributed by atoms with Gasteiger partial charge in [0.1, 0.15) is 12.2 Å². The number of rotatable bonds is 4. The summed E-state index contributed by atoms with van der Waals surface area (Å²) in [5.74, 6) is -1.17. The summed E-state index contributed by atoms with van der Waals surface area (Å²) in [6.07, 6.45) is -4.81. The average molecular weight is 261 g/mol. The van der Waals surface area contributed by atoms with Gasteiger partial charge in [-0.2, -0.15) is 13.2 Å². The second kappa shape index (κ2) is 5.52. The molecule has 0 amide bonds. The molecule has 0 unspecified atom stereocenters. The minimum absolute atomic E-state index is 0.180. The number of carbonyl (C=O) groups excluding carboxylic acids is 2. The molecule has 0 aliphatic carbocycles. The average Bonchev–Trinajstić information content (AvgIpc) is 2.25. The Labute approximate surface area is 101 Å². The van der Waals surface area contributed by atoms with Gasteiger partial charge in [-0.1, -0.05) is 0 Å². The van der Waals surface area contributed by atoms with E-state index in [-0.39, 0.29) is 11.5 Å². The van der Waals surface area contributed by atoms with Crippen LogP contribution in [-0.2, 0) is 20.6 Å². The lowest BCUT2D eigenvalue weighted by atomic mass is 10.2. The lowest BCUT2D eigenvalue weighted by molar-refractivity contribution is -0.143. The molecule has 0 heterocycles. The predicted octanol–water partition coefficient (Wildman–Crippen LogP) is 2.55. The Kier molecular flexibility index (Phi) is 4.30. The molecule has 0 aliphatic rings. The lowest BCUT2D eigenvalue weighted by Gasteiger charge is -2.09. The largest absolute Gasteiger partial charge is 0.416 e. The second-order valence-electron chi connectivity index (χ2n) is 3.53. The van der Waals surface area contributed by atoms with E-state index >= 15 is 0 Å². The van der Waals surface area contributed by atoms with Gasteiger partial charge < -0.3 is 4.84 Å². The summed E-state index contributed by atoms with van der Waals surface area (Å²) in [4.78, 5) is 26.0. The monoisotopic (exact) mass is 261 g/mol. The SMILES string of the molecule is CC(=O)CC(=O)ONc1ccc(C(F)(F)F)cc1. The molecular formula is C11H10F3NO3. The summed E-state index contributed by atoms with van der Waals surface area (Å²) in [7, 11) is 0. The molecule has 0 fully saturated rings. The van der Waals surface area contributed by atoms with E-state index in [1.54, 1.807) is 0 Å². The number of ketones is 1. The quantitative estimate of drug-likeness (QED) is 0.668. The first kappa shape index (κ1) is 14.0. The van der Waals surface area contributed by atoms with Gasteiger partial charge in [0.2, 0.25) is 0 Å². The number of Topliss-reactive ketones (excluding diaryl/α,β-unsaturated/α-hetero) is 1. The van der Waals surface area contributed by atoms with Crippen LogP contribution in [-0.4, -0.2) is 11.8 Å². The third-order valence-electron chi connectivity index (χ3n) is 1.89. The normalized spacial score (nSPS) is 10.9. The fourth-order valence-electron chi connectivity index (χ4n) is 1.08. The summed E-state index contributed by atoms with van der Waals surface area (Å²) in [5, 5.41) is 0. The highest BCUT2D eigenvalue weighted by atomic mass is 19.4. The van der Waals surface area contributed by atoms with Crippen molar-refractivity contribution in [3.63, 3.8) is 0 Å². The van der Waals surface area contributed by atoms with Gasteiger partial charge in [0, 0.05) is 0 Å². The maximum Gasteiger partial charge on any atom is 0.416 e. The summed E-state index contributed by atoms with van der Waals surface area (Å²) in [6, 6.07) is 3.93. The number of hydrogen-bond acceptors (Lipinski definition) is 4. The minimum Gasteiger partial charge on any atom is -0.343 e. The van der Waals surface area contributed by atoms with Crippen LogP contribution in [0.25, 0.3) is 0 Å². The maximum absolute atomic E-state index is 12.2. The molecule has 0 radical (unpaired) electrons. The molecule has 98 valence electrons. The van der Waals surface area contributed by atoms with Crippen molar-refractivity contribution in [3.05, 3.63) is 29.8 Å². The van der Waals surface area contributed by atoms with Crippen molar-refractivity contribution in [3.8, 4) is 0 Å². The van der Waals surface area contributed by atoms with Crippen molar-refractivity contribution < 1.29 is 27.6 Å². The Morgan fingerprint density at radius 3 is 2.22 bits per heavy atom. The van der Waals surface area contributed by atoms with Crippen LogP contribution >= 0.6 is 0 Å². The van der Waals surface area contributed by atoms with E-state index in [2.05, 4.69) is 10.3 Å². The number of benzene rings is 1. The first-order valence-corrected chi connectivity index (χ1v) is 4.91. The van der Waals surface area contributed by atoms with E-state index < -0.39 is 24.1 Å². The van der Waals surface area contributed by atoms with Crippen molar-refractivity contribution in [2.75, 3.05) is 5.48 Å². The van der Waals surface area contributed by atoms with Crippen molar-refractivity contribution in [1.82, 2.24) is 0 Å². The molecule has 1 aromatic rings. The molecule has 18 heavy (non-hydrogen) atoms. The van der Waals surface area contributed by atoms with Crippen molar-refractivity contribution >= 4 is 17.4 Å². The molecule has 1 N–H and O–H groups in total. The minimum atomic E-state index is -4.41. The number of anilines is 1. The van der Waals surface area contributed by atoms with Gasteiger partial charge >= 0.3 is 12.1 Å². The van der Waals surface area contributed by atoms with Crippen LogP contribution < -0.4 is 5.48 Å². The van der Waals surface area contributed by atoms with Gasteiger partial charge in [0.25, 0.3) is 0 Å². The zero-order chi connectivity index (χ0) is 13.8. The molecular weight excluding hydrogens is 251 g/mol. The van der Waals surface area contributed by atoms with Crippen LogP contribution in [0.4, 0.5) is 18.9 Å². The molecule has 0 aromatic heterocycles. The predicted molar refractivity (Wildman–Crippen MR) is 56.5 cm³/mol. The Bertz CT molecular complexity index is 440. The molecule has 0 saturated heterocycles. The molecule has 0 saturated carbocycles. The van der Waals surface area contributed by atoms with Gasteiger partial charge in [-0.05, 0) is 31.2 Å². The van der Waals surface area contributed by atoms with Gasteiger partial charge in [0.05, 0.1) is 11.3 Å². The molecule has 1 rings (SSSR count). The fraction of sp³-hybridized carbons (Fsp3) is 0.273. The summed E-state index contributed by atoms with van der Waals surface area (Å²) in [5.41, 5.74) is 1.54. The number of hydrogen-bond donors (Lipinski definition) is 1. The molecule has 0 aliphatic heterocycles. The van der Waals surface area contributed by atoms with E-state index in [4.69, 9.17) is 0 Å². The van der Waals surface area contributed by atoms with Crippen molar-refractivity contribution in [2.45, 2.75) is 19.5 Å². The van der Waals surface area contributed by atoms with Crippen LogP contribution in [0.15, 0.2) is 24.3 Å². The zero-order valence-electron chi connectivity index (χ0n) is 9.38. The summed E-state index contributed by atoms with van der Waals surface area (Å²) < 4.78 is 36.7. The van der Waals surface area contributed by atoms with Gasteiger partial charge in [0.15, 0.2) is 0 Å². The van der Waals surface area contributed by atoms with Crippen LogP contribution in [0.5, 0.6) is 0 Å². The number of alkyl halides is 3. The van der Waals surface area contributed by atoms with E-state index in [0.29, 0.717) is 0 Å². The molecule has 4 nitrogen and oxygen atoms in total. The third-order valence-corrected chi connectivity index (χ3v) is 1.89. The van der Waals surface area contributed by atoms with Crippen molar-refractivity contribution in [2.24, 2.45) is 0 Å². The highest BCUT2D eigenvalue weighted by Crippen LogP contribution is 2.29. The maximum atomic E-state index is 12.2. The Hall–Kier alpha value is -2.05. The van der Waals surface area contributed by atoms with E-state index in [1.807, 2.05) is 0 Å². The molecule has 7 heteroatoms. The molecule has 0 atom stereocenters. The van der Waals surface area contributed by atoms with Crippen LogP contribution in [0, 0.1) is 0 Å². The Morgan fingerprint density at radius 1 is 1.22 bits per heavy atom. The fourth-order valence-corrected chi connectivity index (χ4v) is 1.08. The third kappa shape index (κ3) is 4.44. The van der Waals surface area contributed by atoms with Crippen LogP contribution in [0.2, 0.25) is 0 Å². The molecule has 1 aromatic carbocycles. The van der Waals surface area contributed by atoms with Crippen LogP contribution in [0.1, 0.15) is 18.9 Å². The molecule has 0 bridgehead atoms. The van der Waals surface area contributed by atoms with E-state index in [9.17, 15) is 22.8 Å². The number of nitrogens with one attached hydrogen (secondary N) is 1. The smallest absolute Gasteiger partial charge is 0.343 e. The summed E-state index contributed by atoms with van der Waals surface area (Å²) >= 11 is 0. The van der Waals surface area contributed by atoms with Gasteiger partial charge in [-0.3, -0.25) is 4.79 Å². The second-order valence-corrected chi connectivity index (χ2v) is 3.53. The van der Waals surface area contributed by atoms with E-state index in [1.165, 1.54) is 6.92 Å².